The van der Waals surface area contributed by atoms with Crippen LogP contribution in [0.2, 0.25) is 0 Å². The van der Waals surface area contributed by atoms with E-state index in [0.717, 1.165) is 0 Å². The van der Waals surface area contributed by atoms with E-state index in [1.54, 1.807) is 12.3 Å². The lowest BCUT2D eigenvalue weighted by Crippen LogP contribution is -2.22. The fourth-order valence-corrected chi connectivity index (χ4v) is 1.60. The molecule has 1 aromatic rings. The first kappa shape index (κ1) is 12.3. The minimum atomic E-state index is -0.132. The molecular formula is C10H15BrN2O2. The van der Waals surface area contributed by atoms with Crippen molar-refractivity contribution in [3.8, 4) is 0 Å². The highest BCUT2D eigenvalue weighted by molar-refractivity contribution is 9.10. The second-order valence-corrected chi connectivity index (χ2v) is 4.64. The molecule has 1 heterocycles. The molecule has 0 bridgehead atoms. The molecule has 15 heavy (non-hydrogen) atoms. The Morgan fingerprint density at radius 2 is 2.27 bits per heavy atom. The molecule has 5 heteroatoms. The molecule has 0 unspecified atom stereocenters. The molecule has 0 saturated heterocycles. The van der Waals surface area contributed by atoms with Gasteiger partial charge in [0.1, 0.15) is 6.73 Å². The fourth-order valence-electron chi connectivity index (χ4n) is 1.10. The van der Waals surface area contributed by atoms with Gasteiger partial charge in [0.2, 0.25) is 0 Å². The molecule has 0 atom stereocenters. The van der Waals surface area contributed by atoms with E-state index in [1.807, 2.05) is 0 Å². The van der Waals surface area contributed by atoms with Gasteiger partial charge in [-0.3, -0.25) is 9.36 Å². The maximum atomic E-state index is 11.6. The van der Waals surface area contributed by atoms with E-state index in [4.69, 9.17) is 10.5 Å². The van der Waals surface area contributed by atoms with Crippen molar-refractivity contribution in [1.29, 1.82) is 0 Å². The lowest BCUT2D eigenvalue weighted by Gasteiger charge is -2.10. The summed E-state index contributed by atoms with van der Waals surface area (Å²) >= 11 is 3.15. The highest BCUT2D eigenvalue weighted by Crippen LogP contribution is 2.08. The third kappa shape index (κ3) is 3.68. The summed E-state index contributed by atoms with van der Waals surface area (Å²) in [7, 11) is 0. The standard InChI is InChI=1S/C10H15BrN2O2/c1-7(2)5-15-6-13-4-8(12)3-9(11)10(13)14/h3-4,7H,5-6,12H2,1-2H3. The predicted octanol–water partition coefficient (Wildman–Crippen LogP) is 1.82. The molecule has 0 aliphatic heterocycles. The van der Waals surface area contributed by atoms with Crippen molar-refractivity contribution >= 4 is 21.6 Å². The molecule has 1 rings (SSSR count). The molecular weight excluding hydrogens is 260 g/mol. The Balaban J connectivity index is 2.73. The van der Waals surface area contributed by atoms with E-state index in [9.17, 15) is 4.79 Å². The Bertz CT molecular complexity index is 387. The van der Waals surface area contributed by atoms with E-state index in [2.05, 4.69) is 29.8 Å². The third-order valence-corrected chi connectivity index (χ3v) is 2.31. The number of aromatic nitrogens is 1. The lowest BCUT2D eigenvalue weighted by molar-refractivity contribution is 0.0557. The Labute approximate surface area is 97.2 Å². The molecule has 0 saturated carbocycles. The van der Waals surface area contributed by atoms with E-state index in [1.165, 1.54) is 4.57 Å². The predicted molar refractivity (Wildman–Crippen MR) is 63.6 cm³/mol. The number of rotatable bonds is 4. The van der Waals surface area contributed by atoms with Gasteiger partial charge in [0.25, 0.3) is 5.56 Å². The smallest absolute Gasteiger partial charge is 0.266 e. The average Bonchev–Trinajstić information content (AvgIpc) is 2.12. The number of nitrogens with two attached hydrogens (primary N) is 1. The number of hydrogen-bond donors (Lipinski definition) is 1. The molecule has 0 aliphatic rings. The van der Waals surface area contributed by atoms with Gasteiger partial charge in [-0.25, -0.2) is 0 Å². The zero-order chi connectivity index (χ0) is 11.4. The molecule has 0 aromatic carbocycles. The quantitative estimate of drug-likeness (QED) is 0.911. The minimum absolute atomic E-state index is 0.132. The Morgan fingerprint density at radius 1 is 1.60 bits per heavy atom. The first-order chi connectivity index (χ1) is 7.00. The van der Waals surface area contributed by atoms with Gasteiger partial charge in [0, 0.05) is 11.9 Å². The molecule has 0 fully saturated rings. The summed E-state index contributed by atoms with van der Waals surface area (Å²) in [6, 6.07) is 1.58. The van der Waals surface area contributed by atoms with Gasteiger partial charge in [-0.15, -0.1) is 0 Å². The normalized spacial score (nSPS) is 10.9. The van der Waals surface area contributed by atoms with Crippen LogP contribution in [0.3, 0.4) is 0 Å². The monoisotopic (exact) mass is 274 g/mol. The SMILES string of the molecule is CC(C)COCn1cc(N)cc(Br)c1=O. The summed E-state index contributed by atoms with van der Waals surface area (Å²) in [6.07, 6.45) is 1.58. The maximum absolute atomic E-state index is 11.6. The van der Waals surface area contributed by atoms with Crippen LogP contribution < -0.4 is 11.3 Å². The van der Waals surface area contributed by atoms with Crippen molar-refractivity contribution in [2.24, 2.45) is 5.92 Å². The molecule has 1 aromatic heterocycles. The van der Waals surface area contributed by atoms with Crippen LogP contribution in [0.25, 0.3) is 0 Å². The van der Waals surface area contributed by atoms with Gasteiger partial charge >= 0.3 is 0 Å². The van der Waals surface area contributed by atoms with Crippen LogP contribution in [0, 0.1) is 5.92 Å². The van der Waals surface area contributed by atoms with Gasteiger partial charge in [-0.05, 0) is 27.9 Å². The van der Waals surface area contributed by atoms with Crippen molar-refractivity contribution in [3.63, 3.8) is 0 Å². The van der Waals surface area contributed by atoms with Crippen LogP contribution in [0.4, 0.5) is 5.69 Å². The zero-order valence-electron chi connectivity index (χ0n) is 8.87. The summed E-state index contributed by atoms with van der Waals surface area (Å²) in [6.45, 7) is 4.97. The number of ether oxygens (including phenoxy) is 1. The number of halogens is 1. The molecule has 0 aliphatic carbocycles. The Hall–Kier alpha value is -0.810. The molecule has 0 spiro atoms. The Kier molecular flexibility index (Phi) is 4.35. The minimum Gasteiger partial charge on any atom is -0.398 e. The van der Waals surface area contributed by atoms with Crippen molar-refractivity contribution in [2.45, 2.75) is 20.6 Å². The largest absolute Gasteiger partial charge is 0.398 e. The molecule has 0 radical (unpaired) electrons. The van der Waals surface area contributed by atoms with Gasteiger partial charge in [-0.2, -0.15) is 0 Å². The zero-order valence-corrected chi connectivity index (χ0v) is 10.5. The van der Waals surface area contributed by atoms with Gasteiger partial charge in [-0.1, -0.05) is 13.8 Å². The van der Waals surface area contributed by atoms with Crippen molar-refractivity contribution in [3.05, 3.63) is 27.1 Å². The van der Waals surface area contributed by atoms with Crippen molar-refractivity contribution in [2.75, 3.05) is 12.3 Å². The molecule has 84 valence electrons. The maximum Gasteiger partial charge on any atom is 0.266 e. The van der Waals surface area contributed by atoms with Crippen LogP contribution >= 0.6 is 15.9 Å². The fraction of sp³-hybridized carbons (Fsp3) is 0.500. The molecule has 2 N–H and O–H groups in total. The van der Waals surface area contributed by atoms with E-state index < -0.39 is 0 Å². The van der Waals surface area contributed by atoms with Gasteiger partial charge < -0.3 is 10.5 Å². The number of nitrogens with zero attached hydrogens (tertiary/aromatic N) is 1. The summed E-state index contributed by atoms with van der Waals surface area (Å²) < 4.78 is 7.26. The number of nitrogen functional groups attached to an aromatic ring is 1. The van der Waals surface area contributed by atoms with Gasteiger partial charge in [0.15, 0.2) is 0 Å². The highest BCUT2D eigenvalue weighted by atomic mass is 79.9. The van der Waals surface area contributed by atoms with Gasteiger partial charge in [0.05, 0.1) is 11.1 Å². The van der Waals surface area contributed by atoms with E-state index in [0.29, 0.717) is 22.7 Å². The molecule has 0 amide bonds. The number of anilines is 1. The summed E-state index contributed by atoms with van der Waals surface area (Å²) in [5.74, 6) is 0.449. The van der Waals surface area contributed by atoms with Crippen LogP contribution in [0.1, 0.15) is 13.8 Å². The lowest BCUT2D eigenvalue weighted by atomic mass is 10.2. The van der Waals surface area contributed by atoms with Crippen molar-refractivity contribution in [1.82, 2.24) is 4.57 Å². The van der Waals surface area contributed by atoms with Crippen molar-refractivity contribution < 1.29 is 4.74 Å². The van der Waals surface area contributed by atoms with Crippen LogP contribution in [0.5, 0.6) is 0 Å². The third-order valence-electron chi connectivity index (χ3n) is 1.75. The van der Waals surface area contributed by atoms with Crippen LogP contribution in [-0.2, 0) is 11.5 Å². The summed E-state index contributed by atoms with van der Waals surface area (Å²) in [4.78, 5) is 11.6. The second kappa shape index (κ2) is 5.32. The highest BCUT2D eigenvalue weighted by Gasteiger charge is 2.03. The van der Waals surface area contributed by atoms with E-state index >= 15 is 0 Å². The molecule has 4 nitrogen and oxygen atoms in total. The summed E-state index contributed by atoms with van der Waals surface area (Å²) in [5.41, 5.74) is 6.02. The second-order valence-electron chi connectivity index (χ2n) is 3.79. The Morgan fingerprint density at radius 3 is 2.87 bits per heavy atom. The summed E-state index contributed by atoms with van der Waals surface area (Å²) in [5, 5.41) is 0. The average molecular weight is 275 g/mol. The first-order valence-electron chi connectivity index (χ1n) is 4.74. The topological polar surface area (TPSA) is 57.2 Å². The first-order valence-corrected chi connectivity index (χ1v) is 5.53. The number of hydrogen-bond acceptors (Lipinski definition) is 3. The van der Waals surface area contributed by atoms with Crippen LogP contribution in [-0.4, -0.2) is 11.2 Å². The van der Waals surface area contributed by atoms with Crippen LogP contribution in [0.15, 0.2) is 21.5 Å². The van der Waals surface area contributed by atoms with E-state index in [-0.39, 0.29) is 12.3 Å². The number of pyridine rings is 1.